The van der Waals surface area contributed by atoms with Crippen molar-refractivity contribution in [1.82, 2.24) is 0 Å². The third kappa shape index (κ3) is 3.44. The third-order valence-electron chi connectivity index (χ3n) is 3.27. The van der Waals surface area contributed by atoms with Gasteiger partial charge in [-0.2, -0.15) is 0 Å². The Hall–Kier alpha value is -2.16. The van der Waals surface area contributed by atoms with Gasteiger partial charge in [-0.1, -0.05) is 30.3 Å². The van der Waals surface area contributed by atoms with Crippen LogP contribution in [-0.2, 0) is 17.6 Å². The molecule has 0 fully saturated rings. The van der Waals surface area contributed by atoms with E-state index in [0.29, 0.717) is 12.0 Å². The van der Waals surface area contributed by atoms with Gasteiger partial charge in [-0.3, -0.25) is 4.79 Å². The van der Waals surface area contributed by atoms with Crippen LogP contribution in [0.4, 0.5) is 4.39 Å². The summed E-state index contributed by atoms with van der Waals surface area (Å²) in [6.45, 7) is 1.98. The third-order valence-corrected chi connectivity index (χ3v) is 3.27. The van der Waals surface area contributed by atoms with Gasteiger partial charge in [0.15, 0.2) is 11.6 Å². The van der Waals surface area contributed by atoms with E-state index in [2.05, 4.69) is 0 Å². The molecule has 2 rings (SSSR count). The van der Waals surface area contributed by atoms with Crippen molar-refractivity contribution >= 4 is 5.78 Å². The van der Waals surface area contributed by atoms with Crippen LogP contribution >= 0.6 is 0 Å². The molecule has 0 aliphatic heterocycles. The normalized spacial score (nSPS) is 10.3. The first-order valence-electron chi connectivity index (χ1n) is 6.49. The average Bonchev–Trinajstić information content (AvgIpc) is 2.41. The fourth-order valence-electron chi connectivity index (χ4n) is 2.13. The highest BCUT2D eigenvalue weighted by Crippen LogP contribution is 2.18. The number of benzene rings is 2. The summed E-state index contributed by atoms with van der Waals surface area (Å²) in [7, 11) is 1.42. The maximum atomic E-state index is 13.6. The lowest BCUT2D eigenvalue weighted by Crippen LogP contribution is -2.08. The minimum atomic E-state index is -0.436. The van der Waals surface area contributed by atoms with Gasteiger partial charge in [0.2, 0.25) is 0 Å². The summed E-state index contributed by atoms with van der Waals surface area (Å²) in [4.78, 5) is 12.0. The van der Waals surface area contributed by atoms with Crippen molar-refractivity contribution in [3.63, 3.8) is 0 Å². The molecule has 3 heteroatoms. The van der Waals surface area contributed by atoms with Crippen molar-refractivity contribution < 1.29 is 13.9 Å². The molecule has 2 aromatic rings. The Morgan fingerprint density at radius 2 is 1.90 bits per heavy atom. The molecule has 0 aliphatic rings. The number of aryl methyl sites for hydroxylation is 1. The van der Waals surface area contributed by atoms with Crippen LogP contribution in [0.2, 0.25) is 0 Å². The molecule has 0 spiro atoms. The van der Waals surface area contributed by atoms with Gasteiger partial charge in [0.1, 0.15) is 5.78 Å². The first kappa shape index (κ1) is 14.3. The summed E-state index contributed by atoms with van der Waals surface area (Å²) in [6, 6.07) is 12.4. The smallest absolute Gasteiger partial charge is 0.165 e. The molecule has 0 atom stereocenters. The zero-order valence-electron chi connectivity index (χ0n) is 11.7. The second-order valence-corrected chi connectivity index (χ2v) is 4.79. The van der Waals surface area contributed by atoms with Gasteiger partial charge in [0.25, 0.3) is 0 Å². The molecular weight excluding hydrogens is 255 g/mol. The molecule has 0 saturated carbocycles. The number of hydrogen-bond acceptors (Lipinski definition) is 2. The monoisotopic (exact) mass is 272 g/mol. The van der Waals surface area contributed by atoms with E-state index in [1.165, 1.54) is 13.2 Å². The van der Waals surface area contributed by atoms with Crippen molar-refractivity contribution in [3.05, 3.63) is 65.0 Å². The number of rotatable bonds is 5. The molecule has 0 amide bonds. The Morgan fingerprint density at radius 1 is 1.15 bits per heavy atom. The second kappa shape index (κ2) is 6.33. The van der Waals surface area contributed by atoms with Gasteiger partial charge in [-0.15, -0.1) is 0 Å². The fourth-order valence-corrected chi connectivity index (χ4v) is 2.13. The van der Waals surface area contributed by atoms with Crippen LogP contribution in [-0.4, -0.2) is 12.9 Å². The van der Waals surface area contributed by atoms with Crippen molar-refractivity contribution in [2.75, 3.05) is 7.11 Å². The zero-order chi connectivity index (χ0) is 14.5. The number of carbonyl (C=O) groups excluding carboxylic acids is 1. The van der Waals surface area contributed by atoms with Crippen molar-refractivity contribution in [3.8, 4) is 5.75 Å². The van der Waals surface area contributed by atoms with Crippen LogP contribution < -0.4 is 4.74 Å². The van der Waals surface area contributed by atoms with Crippen LogP contribution in [0.15, 0.2) is 42.5 Å². The Morgan fingerprint density at radius 3 is 2.55 bits per heavy atom. The molecule has 0 aromatic heterocycles. The lowest BCUT2D eigenvalue weighted by molar-refractivity contribution is -0.117. The SMILES string of the molecule is COc1ccc(CC(=O)Cc2ccccc2C)cc1F. The summed E-state index contributed by atoms with van der Waals surface area (Å²) in [5, 5.41) is 0. The maximum absolute atomic E-state index is 13.6. The first-order chi connectivity index (χ1) is 9.60. The molecule has 0 saturated heterocycles. The highest BCUT2D eigenvalue weighted by Gasteiger charge is 2.09. The molecule has 0 bridgehead atoms. The number of halogens is 1. The molecule has 20 heavy (non-hydrogen) atoms. The molecule has 0 heterocycles. The minimum absolute atomic E-state index is 0.0730. The zero-order valence-corrected chi connectivity index (χ0v) is 11.7. The largest absolute Gasteiger partial charge is 0.494 e. The molecule has 0 aliphatic carbocycles. The lowest BCUT2D eigenvalue weighted by Gasteiger charge is -2.06. The number of methoxy groups -OCH3 is 1. The highest BCUT2D eigenvalue weighted by molar-refractivity contribution is 5.83. The van der Waals surface area contributed by atoms with E-state index in [1.54, 1.807) is 12.1 Å². The van der Waals surface area contributed by atoms with Crippen LogP contribution in [0.3, 0.4) is 0 Å². The van der Waals surface area contributed by atoms with Crippen molar-refractivity contribution in [2.24, 2.45) is 0 Å². The summed E-state index contributed by atoms with van der Waals surface area (Å²) < 4.78 is 18.4. The molecule has 0 N–H and O–H groups in total. The Balaban J connectivity index is 2.05. The first-order valence-corrected chi connectivity index (χ1v) is 6.49. The standard InChI is InChI=1S/C17H17FO2/c1-12-5-3-4-6-14(12)11-15(19)9-13-7-8-17(20-2)16(18)10-13/h3-8,10H,9,11H2,1-2H3. The van der Waals surface area contributed by atoms with Gasteiger partial charge in [-0.25, -0.2) is 4.39 Å². The average molecular weight is 272 g/mol. The van der Waals surface area contributed by atoms with Gasteiger partial charge < -0.3 is 4.74 Å². The number of ether oxygens (including phenoxy) is 1. The lowest BCUT2D eigenvalue weighted by atomic mass is 9.99. The maximum Gasteiger partial charge on any atom is 0.165 e. The number of Topliss-reactive ketones (excluding diaryl/α,β-unsaturated/α-hetero) is 1. The van der Waals surface area contributed by atoms with Gasteiger partial charge in [0.05, 0.1) is 7.11 Å². The molecule has 0 unspecified atom stereocenters. The Kier molecular flexibility index (Phi) is 4.51. The molecule has 104 valence electrons. The van der Waals surface area contributed by atoms with Gasteiger partial charge in [-0.05, 0) is 35.7 Å². The van der Waals surface area contributed by atoms with E-state index < -0.39 is 5.82 Å². The van der Waals surface area contributed by atoms with E-state index in [-0.39, 0.29) is 18.0 Å². The predicted octanol–water partition coefficient (Wildman–Crippen LogP) is 3.50. The number of hydrogen-bond donors (Lipinski definition) is 0. The van der Waals surface area contributed by atoms with Gasteiger partial charge >= 0.3 is 0 Å². The summed E-state index contributed by atoms with van der Waals surface area (Å²) in [5.74, 6) is -0.169. The Labute approximate surface area is 118 Å². The van der Waals surface area contributed by atoms with Gasteiger partial charge in [0, 0.05) is 12.8 Å². The topological polar surface area (TPSA) is 26.3 Å². The molecule has 2 aromatic carbocycles. The molecular formula is C17H17FO2. The van der Waals surface area contributed by atoms with Crippen LogP contribution in [0, 0.1) is 12.7 Å². The second-order valence-electron chi connectivity index (χ2n) is 4.79. The van der Waals surface area contributed by atoms with E-state index in [1.807, 2.05) is 31.2 Å². The quantitative estimate of drug-likeness (QED) is 0.832. The highest BCUT2D eigenvalue weighted by atomic mass is 19.1. The molecule has 0 radical (unpaired) electrons. The van der Waals surface area contributed by atoms with E-state index in [9.17, 15) is 9.18 Å². The van der Waals surface area contributed by atoms with Crippen molar-refractivity contribution in [1.29, 1.82) is 0 Å². The summed E-state index contributed by atoms with van der Waals surface area (Å²) in [5.41, 5.74) is 2.79. The van der Waals surface area contributed by atoms with Crippen LogP contribution in [0.25, 0.3) is 0 Å². The van der Waals surface area contributed by atoms with Crippen molar-refractivity contribution in [2.45, 2.75) is 19.8 Å². The van der Waals surface area contributed by atoms with Crippen LogP contribution in [0.5, 0.6) is 5.75 Å². The van der Waals surface area contributed by atoms with Crippen LogP contribution in [0.1, 0.15) is 16.7 Å². The Bertz CT molecular complexity index is 620. The fraction of sp³-hybridized carbons (Fsp3) is 0.235. The molecule has 2 nitrogen and oxygen atoms in total. The predicted molar refractivity (Wildman–Crippen MR) is 76.5 cm³/mol. The van der Waals surface area contributed by atoms with E-state index in [4.69, 9.17) is 4.74 Å². The van der Waals surface area contributed by atoms with E-state index >= 15 is 0 Å². The number of ketones is 1. The van der Waals surface area contributed by atoms with E-state index in [0.717, 1.165) is 11.1 Å². The minimum Gasteiger partial charge on any atom is -0.494 e. The summed E-state index contributed by atoms with van der Waals surface area (Å²) >= 11 is 0. The summed E-state index contributed by atoms with van der Waals surface area (Å²) in [6.07, 6.45) is 0.607. The number of carbonyl (C=O) groups is 1.